The van der Waals surface area contributed by atoms with Crippen molar-refractivity contribution in [1.29, 1.82) is 0 Å². The van der Waals surface area contributed by atoms with Gasteiger partial charge in [-0.1, -0.05) is 12.1 Å². The van der Waals surface area contributed by atoms with Crippen LogP contribution in [0, 0.1) is 5.82 Å². The summed E-state index contributed by atoms with van der Waals surface area (Å²) in [4.78, 5) is 25.5. The molecule has 2 aromatic carbocycles. The summed E-state index contributed by atoms with van der Waals surface area (Å²) >= 11 is 7.06. The molecule has 4 rings (SSSR count). The van der Waals surface area contributed by atoms with Crippen molar-refractivity contribution in [3.05, 3.63) is 85.1 Å². The first kappa shape index (κ1) is 23.5. The van der Waals surface area contributed by atoms with Gasteiger partial charge in [0.1, 0.15) is 29.5 Å². The second-order valence-corrected chi connectivity index (χ2v) is 9.36. The number of allylic oxidation sites excluding steroid dienone is 2. The highest BCUT2D eigenvalue weighted by Gasteiger charge is 2.41. The Morgan fingerprint density at radius 3 is 2.48 bits per heavy atom. The van der Waals surface area contributed by atoms with Crippen LogP contribution in [0.3, 0.4) is 0 Å². The predicted molar refractivity (Wildman–Crippen MR) is 126 cm³/mol. The van der Waals surface area contributed by atoms with E-state index < -0.39 is 11.9 Å². The number of ether oxygens (including phenoxy) is 3. The molecule has 33 heavy (non-hydrogen) atoms. The molecule has 0 saturated heterocycles. The van der Waals surface area contributed by atoms with E-state index in [2.05, 4.69) is 31.9 Å². The van der Waals surface area contributed by atoms with Gasteiger partial charge in [0.15, 0.2) is 5.78 Å². The third-order valence-corrected chi connectivity index (χ3v) is 6.72. The number of halogens is 3. The summed E-state index contributed by atoms with van der Waals surface area (Å²) in [5, 5.41) is 0. The fourth-order valence-electron chi connectivity index (χ4n) is 4.02. The van der Waals surface area contributed by atoms with Gasteiger partial charge in [-0.3, -0.25) is 4.79 Å². The molecule has 1 heterocycles. The van der Waals surface area contributed by atoms with Crippen molar-refractivity contribution >= 4 is 43.6 Å². The Morgan fingerprint density at radius 2 is 1.85 bits per heavy atom. The molecule has 9 heteroatoms. The van der Waals surface area contributed by atoms with Crippen molar-refractivity contribution in [3.8, 4) is 5.75 Å². The van der Waals surface area contributed by atoms with Gasteiger partial charge in [-0.15, -0.1) is 0 Å². The normalized spacial score (nSPS) is 18.1. The lowest BCUT2D eigenvalue weighted by Gasteiger charge is -2.32. The van der Waals surface area contributed by atoms with Crippen molar-refractivity contribution in [3.63, 3.8) is 0 Å². The van der Waals surface area contributed by atoms with E-state index in [0.717, 1.165) is 5.56 Å². The molecule has 1 aliphatic heterocycles. The van der Waals surface area contributed by atoms with E-state index in [1.54, 1.807) is 24.3 Å². The van der Waals surface area contributed by atoms with E-state index >= 15 is 0 Å². The van der Waals surface area contributed by atoms with Crippen LogP contribution in [-0.2, 0) is 25.7 Å². The average molecular weight is 581 g/mol. The number of carbonyl (C=O) groups is 2. The van der Waals surface area contributed by atoms with E-state index in [4.69, 9.17) is 19.9 Å². The molecular weight excluding hydrogens is 561 g/mol. The molecule has 0 saturated carbocycles. The third kappa shape index (κ3) is 4.70. The number of benzene rings is 2. The van der Waals surface area contributed by atoms with Crippen molar-refractivity contribution in [2.75, 3.05) is 7.11 Å². The Balaban J connectivity index is 1.73. The fourth-order valence-corrected chi connectivity index (χ4v) is 5.47. The topological polar surface area (TPSA) is 87.9 Å². The van der Waals surface area contributed by atoms with Gasteiger partial charge in [0.05, 0.1) is 22.0 Å². The number of nitrogens with two attached hydrogens (primary N) is 1. The van der Waals surface area contributed by atoms with Gasteiger partial charge >= 0.3 is 5.97 Å². The van der Waals surface area contributed by atoms with Crippen molar-refractivity contribution in [2.45, 2.75) is 31.8 Å². The van der Waals surface area contributed by atoms with Gasteiger partial charge in [-0.2, -0.15) is 0 Å². The zero-order valence-electron chi connectivity index (χ0n) is 17.6. The maximum atomic E-state index is 13.1. The van der Waals surface area contributed by atoms with Gasteiger partial charge in [0.25, 0.3) is 0 Å². The monoisotopic (exact) mass is 579 g/mol. The van der Waals surface area contributed by atoms with Gasteiger partial charge in [0.2, 0.25) is 5.88 Å². The van der Waals surface area contributed by atoms with Gasteiger partial charge in [-0.05, 0) is 73.7 Å². The molecule has 6 nitrogen and oxygen atoms in total. The summed E-state index contributed by atoms with van der Waals surface area (Å²) in [6.45, 7) is 0.224. The summed E-state index contributed by atoms with van der Waals surface area (Å²) in [5.41, 5.74) is 8.07. The molecule has 2 aromatic rings. The van der Waals surface area contributed by atoms with Crippen molar-refractivity contribution < 1.29 is 28.2 Å². The predicted octanol–water partition coefficient (Wildman–Crippen LogP) is 5.39. The minimum Gasteiger partial charge on any atom is -0.487 e. The lowest BCUT2D eigenvalue weighted by atomic mass is 9.77. The Bertz CT molecular complexity index is 1170. The lowest BCUT2D eigenvalue weighted by Crippen LogP contribution is -2.31. The zero-order chi connectivity index (χ0) is 23.7. The zero-order valence-corrected chi connectivity index (χ0v) is 20.8. The Hall–Kier alpha value is -2.65. The molecule has 0 fully saturated rings. The van der Waals surface area contributed by atoms with Crippen molar-refractivity contribution in [1.82, 2.24) is 0 Å². The number of hydrogen-bond donors (Lipinski definition) is 1. The van der Waals surface area contributed by atoms with E-state index in [9.17, 15) is 14.0 Å². The SMILES string of the molecule is COC(=O)C1=C(N)OC2=C(C(=O)CCC2)[C@@H]1c1cc(Br)c(OCc2ccc(F)cc2)c(Br)c1. The number of rotatable bonds is 5. The minimum atomic E-state index is -0.729. The van der Waals surface area contributed by atoms with Crippen LogP contribution < -0.4 is 10.5 Å². The molecule has 0 amide bonds. The van der Waals surface area contributed by atoms with Crippen LogP contribution in [0.2, 0.25) is 0 Å². The quantitative estimate of drug-likeness (QED) is 0.477. The van der Waals surface area contributed by atoms with Crippen molar-refractivity contribution in [2.24, 2.45) is 5.73 Å². The smallest absolute Gasteiger partial charge is 0.340 e. The molecule has 2 aliphatic rings. The minimum absolute atomic E-state index is 0.0656. The second-order valence-electron chi connectivity index (χ2n) is 7.65. The van der Waals surface area contributed by atoms with Gasteiger partial charge in [0, 0.05) is 18.4 Å². The highest BCUT2D eigenvalue weighted by Crippen LogP contribution is 2.46. The molecule has 0 aromatic heterocycles. The van der Waals surface area contributed by atoms with Crippen LogP contribution in [0.4, 0.5) is 4.39 Å². The van der Waals surface area contributed by atoms with Crippen LogP contribution in [-0.4, -0.2) is 18.9 Å². The molecule has 172 valence electrons. The van der Waals surface area contributed by atoms with Crippen LogP contribution in [0.25, 0.3) is 0 Å². The number of hydrogen-bond acceptors (Lipinski definition) is 6. The maximum absolute atomic E-state index is 13.1. The Morgan fingerprint density at radius 1 is 1.18 bits per heavy atom. The van der Waals surface area contributed by atoms with E-state index in [1.165, 1.54) is 19.2 Å². The maximum Gasteiger partial charge on any atom is 0.340 e. The van der Waals surface area contributed by atoms with E-state index in [0.29, 0.717) is 50.9 Å². The summed E-state index contributed by atoms with van der Waals surface area (Å²) in [7, 11) is 1.25. The first-order chi connectivity index (χ1) is 15.8. The van der Waals surface area contributed by atoms with Crippen LogP contribution in [0.5, 0.6) is 5.75 Å². The summed E-state index contributed by atoms with van der Waals surface area (Å²) in [5.74, 6) is -0.843. The third-order valence-electron chi connectivity index (χ3n) is 5.54. The molecule has 2 N–H and O–H groups in total. The number of methoxy groups -OCH3 is 1. The molecule has 0 spiro atoms. The molecule has 1 atom stereocenters. The summed E-state index contributed by atoms with van der Waals surface area (Å²) in [6, 6.07) is 9.59. The van der Waals surface area contributed by atoms with Gasteiger partial charge in [-0.25, -0.2) is 9.18 Å². The first-order valence-corrected chi connectivity index (χ1v) is 11.8. The molecular formula is C24H20Br2FNO5. The highest BCUT2D eigenvalue weighted by molar-refractivity contribution is 9.11. The number of ketones is 1. The molecule has 0 unspecified atom stereocenters. The number of Topliss-reactive ketones (excluding diaryl/α,β-unsaturated/α-hetero) is 1. The molecule has 0 radical (unpaired) electrons. The first-order valence-electron chi connectivity index (χ1n) is 10.2. The fraction of sp³-hybridized carbons (Fsp3) is 0.250. The second kappa shape index (κ2) is 9.69. The molecule has 0 bridgehead atoms. The van der Waals surface area contributed by atoms with Gasteiger partial charge < -0.3 is 19.9 Å². The van der Waals surface area contributed by atoms with Crippen LogP contribution in [0.1, 0.15) is 36.3 Å². The molecule has 1 aliphatic carbocycles. The summed E-state index contributed by atoms with van der Waals surface area (Å²) in [6.07, 6.45) is 1.59. The standard InChI is InChI=1S/C24H20Br2FNO5/c1-31-24(30)21-19(20-17(29)3-2-4-18(20)33-23(21)28)13-9-15(25)22(16(26)10-13)32-11-12-5-7-14(27)8-6-12/h5-10,19H,2-4,11,28H2,1H3/t19-/m0/s1. The number of esters is 1. The van der Waals surface area contributed by atoms with Crippen LogP contribution in [0.15, 0.2) is 68.1 Å². The Kier molecular flexibility index (Phi) is 6.90. The lowest BCUT2D eigenvalue weighted by molar-refractivity contribution is -0.136. The highest BCUT2D eigenvalue weighted by atomic mass is 79.9. The average Bonchev–Trinajstić information content (AvgIpc) is 2.78. The van der Waals surface area contributed by atoms with E-state index in [1.807, 2.05) is 0 Å². The summed E-state index contributed by atoms with van der Waals surface area (Å²) < 4.78 is 30.9. The largest absolute Gasteiger partial charge is 0.487 e. The number of carbonyl (C=O) groups excluding carboxylic acids is 2. The van der Waals surface area contributed by atoms with E-state index in [-0.39, 0.29) is 29.7 Å². The van der Waals surface area contributed by atoms with Crippen LogP contribution >= 0.6 is 31.9 Å². The Labute approximate surface area is 206 Å².